The fourth-order valence-corrected chi connectivity index (χ4v) is 3.01. The highest BCUT2D eigenvalue weighted by atomic mass is 16.5. The van der Waals surface area contributed by atoms with Crippen molar-refractivity contribution in [2.24, 2.45) is 5.92 Å². The molecule has 2 atom stereocenters. The monoisotopic (exact) mass is 257 g/mol. The minimum Gasteiger partial charge on any atom is -0.394 e. The van der Waals surface area contributed by atoms with Crippen LogP contribution >= 0.6 is 0 Å². The van der Waals surface area contributed by atoms with Gasteiger partial charge >= 0.3 is 0 Å². The first kappa shape index (κ1) is 15.9. The molecule has 1 saturated carbocycles. The maximum absolute atomic E-state index is 9.75. The van der Waals surface area contributed by atoms with Crippen molar-refractivity contribution < 1.29 is 9.84 Å². The van der Waals surface area contributed by atoms with E-state index in [9.17, 15) is 5.11 Å². The normalized spacial score (nSPS) is 27.8. The first-order chi connectivity index (χ1) is 8.79. The summed E-state index contributed by atoms with van der Waals surface area (Å²) in [5.74, 6) is 0.579. The van der Waals surface area contributed by atoms with Gasteiger partial charge in [0.25, 0.3) is 0 Å². The van der Waals surface area contributed by atoms with Crippen molar-refractivity contribution in [2.45, 2.75) is 64.3 Å². The summed E-state index contributed by atoms with van der Waals surface area (Å²) in [6.45, 7) is 7.38. The zero-order valence-electron chi connectivity index (χ0n) is 12.2. The Morgan fingerprint density at radius 3 is 2.78 bits per heavy atom. The van der Waals surface area contributed by atoms with Gasteiger partial charge in [0.15, 0.2) is 0 Å². The van der Waals surface area contributed by atoms with Gasteiger partial charge in [-0.15, -0.1) is 0 Å². The number of nitrogens with one attached hydrogen (secondary N) is 1. The maximum Gasteiger partial charge on any atom is 0.0616 e. The first-order valence-corrected chi connectivity index (χ1v) is 7.72. The molecule has 108 valence electrons. The summed E-state index contributed by atoms with van der Waals surface area (Å²) in [6, 6.07) is 0. The Labute approximate surface area is 112 Å². The van der Waals surface area contributed by atoms with Crippen LogP contribution in [0.5, 0.6) is 0 Å². The van der Waals surface area contributed by atoms with Crippen LogP contribution in [-0.4, -0.2) is 37.0 Å². The second-order valence-electron chi connectivity index (χ2n) is 5.58. The van der Waals surface area contributed by atoms with Crippen molar-refractivity contribution in [3.05, 3.63) is 0 Å². The highest BCUT2D eigenvalue weighted by Gasteiger charge is 2.41. The van der Waals surface area contributed by atoms with Crippen LogP contribution in [0.15, 0.2) is 0 Å². The van der Waals surface area contributed by atoms with Crippen LogP contribution in [0.3, 0.4) is 0 Å². The zero-order valence-corrected chi connectivity index (χ0v) is 12.2. The predicted octanol–water partition coefficient (Wildman–Crippen LogP) is 2.72. The van der Waals surface area contributed by atoms with Crippen LogP contribution < -0.4 is 5.32 Å². The highest BCUT2D eigenvalue weighted by molar-refractivity contribution is 4.98. The molecule has 0 aromatic rings. The maximum atomic E-state index is 9.75. The summed E-state index contributed by atoms with van der Waals surface area (Å²) in [6.07, 6.45) is 8.14. The van der Waals surface area contributed by atoms with Crippen molar-refractivity contribution >= 4 is 0 Å². The summed E-state index contributed by atoms with van der Waals surface area (Å²) in [5, 5.41) is 13.3. The number of hydrogen-bond acceptors (Lipinski definition) is 3. The molecule has 18 heavy (non-hydrogen) atoms. The third-order valence-corrected chi connectivity index (χ3v) is 4.22. The third-order valence-electron chi connectivity index (χ3n) is 4.22. The number of hydrogen-bond donors (Lipinski definition) is 2. The molecule has 0 amide bonds. The molecule has 3 heteroatoms. The molecular formula is C15H31NO2. The Morgan fingerprint density at radius 1 is 1.28 bits per heavy atom. The lowest BCUT2D eigenvalue weighted by molar-refractivity contribution is 0.0779. The Morgan fingerprint density at radius 2 is 2.11 bits per heavy atom. The van der Waals surface area contributed by atoms with Gasteiger partial charge in [-0.05, 0) is 44.6 Å². The average Bonchev–Trinajstić information content (AvgIpc) is 2.80. The molecule has 1 aliphatic carbocycles. The largest absolute Gasteiger partial charge is 0.394 e. The van der Waals surface area contributed by atoms with Gasteiger partial charge in [-0.25, -0.2) is 0 Å². The van der Waals surface area contributed by atoms with E-state index in [0.29, 0.717) is 5.92 Å². The number of aliphatic hydroxyl groups is 1. The molecule has 0 aliphatic heterocycles. The molecule has 0 saturated heterocycles. The van der Waals surface area contributed by atoms with E-state index in [1.54, 1.807) is 0 Å². The second kappa shape index (κ2) is 8.89. The molecule has 0 radical (unpaired) electrons. The van der Waals surface area contributed by atoms with Crippen molar-refractivity contribution in [3.8, 4) is 0 Å². The lowest BCUT2D eigenvalue weighted by Gasteiger charge is -2.35. The summed E-state index contributed by atoms with van der Waals surface area (Å²) < 4.78 is 5.67. The van der Waals surface area contributed by atoms with Gasteiger partial charge in [0.05, 0.1) is 6.61 Å². The van der Waals surface area contributed by atoms with Crippen LogP contribution in [0, 0.1) is 5.92 Å². The molecule has 0 aromatic carbocycles. The summed E-state index contributed by atoms with van der Waals surface area (Å²) in [4.78, 5) is 0. The van der Waals surface area contributed by atoms with E-state index < -0.39 is 0 Å². The fourth-order valence-electron chi connectivity index (χ4n) is 3.01. The third kappa shape index (κ3) is 4.52. The lowest BCUT2D eigenvalue weighted by Crippen LogP contribution is -2.51. The van der Waals surface area contributed by atoms with E-state index in [1.165, 1.54) is 19.3 Å². The molecular weight excluding hydrogens is 226 g/mol. The van der Waals surface area contributed by atoms with Crippen molar-refractivity contribution in [1.29, 1.82) is 0 Å². The molecule has 2 N–H and O–H groups in total. The molecule has 0 aromatic heterocycles. The smallest absolute Gasteiger partial charge is 0.0616 e. The van der Waals surface area contributed by atoms with Crippen LogP contribution in [-0.2, 0) is 4.74 Å². The topological polar surface area (TPSA) is 41.5 Å². The minimum atomic E-state index is -0.0237. The van der Waals surface area contributed by atoms with Crippen LogP contribution in [0.2, 0.25) is 0 Å². The lowest BCUT2D eigenvalue weighted by atomic mass is 9.85. The molecule has 2 unspecified atom stereocenters. The molecule has 0 bridgehead atoms. The van der Waals surface area contributed by atoms with Gasteiger partial charge in [-0.2, -0.15) is 0 Å². The van der Waals surface area contributed by atoms with E-state index in [4.69, 9.17) is 4.74 Å². The second-order valence-corrected chi connectivity index (χ2v) is 5.58. The summed E-state index contributed by atoms with van der Waals surface area (Å²) in [7, 11) is 0. The van der Waals surface area contributed by atoms with Gasteiger partial charge in [-0.1, -0.05) is 26.7 Å². The number of unbranched alkanes of at least 4 members (excludes halogenated alkanes) is 1. The van der Waals surface area contributed by atoms with Crippen LogP contribution in [0.4, 0.5) is 0 Å². The SMILES string of the molecule is CCCCOCCC1CCCC1(CO)NCCC. The highest BCUT2D eigenvalue weighted by Crippen LogP contribution is 2.37. The van der Waals surface area contributed by atoms with Gasteiger partial charge in [0.1, 0.15) is 0 Å². The molecule has 1 rings (SSSR count). The average molecular weight is 257 g/mol. The predicted molar refractivity (Wildman–Crippen MR) is 75.8 cm³/mol. The Balaban J connectivity index is 2.32. The standard InChI is InChI=1S/C15H31NO2/c1-3-5-11-18-12-8-14-7-6-9-15(14,13-17)16-10-4-2/h14,16-17H,3-13H2,1-2H3. The Hall–Kier alpha value is -0.120. The number of ether oxygens (including phenoxy) is 1. The fraction of sp³-hybridized carbons (Fsp3) is 1.00. The minimum absolute atomic E-state index is 0.0237. The Bertz CT molecular complexity index is 211. The van der Waals surface area contributed by atoms with E-state index in [1.807, 2.05) is 0 Å². The van der Waals surface area contributed by atoms with Crippen LogP contribution in [0.1, 0.15) is 58.8 Å². The molecule has 0 heterocycles. The molecule has 3 nitrogen and oxygen atoms in total. The van der Waals surface area contributed by atoms with E-state index in [-0.39, 0.29) is 12.1 Å². The first-order valence-electron chi connectivity index (χ1n) is 7.72. The van der Waals surface area contributed by atoms with E-state index in [2.05, 4.69) is 19.2 Å². The molecule has 1 aliphatic rings. The van der Waals surface area contributed by atoms with Crippen molar-refractivity contribution in [1.82, 2.24) is 5.32 Å². The quantitative estimate of drug-likeness (QED) is 0.591. The van der Waals surface area contributed by atoms with E-state index in [0.717, 1.165) is 45.4 Å². The van der Waals surface area contributed by atoms with Gasteiger partial charge in [0, 0.05) is 18.8 Å². The van der Waals surface area contributed by atoms with Gasteiger partial charge in [0.2, 0.25) is 0 Å². The zero-order chi connectivity index (χ0) is 13.3. The number of rotatable bonds is 10. The molecule has 1 fully saturated rings. The van der Waals surface area contributed by atoms with Crippen LogP contribution in [0.25, 0.3) is 0 Å². The number of aliphatic hydroxyl groups excluding tert-OH is 1. The summed E-state index contributed by atoms with van der Waals surface area (Å²) in [5.41, 5.74) is -0.0237. The van der Waals surface area contributed by atoms with Gasteiger partial charge in [-0.3, -0.25) is 0 Å². The Kier molecular flexibility index (Phi) is 7.87. The summed E-state index contributed by atoms with van der Waals surface area (Å²) >= 11 is 0. The molecule has 0 spiro atoms. The van der Waals surface area contributed by atoms with Crippen molar-refractivity contribution in [2.75, 3.05) is 26.4 Å². The van der Waals surface area contributed by atoms with E-state index >= 15 is 0 Å². The van der Waals surface area contributed by atoms with Gasteiger partial charge < -0.3 is 15.2 Å². The van der Waals surface area contributed by atoms with Crippen molar-refractivity contribution in [3.63, 3.8) is 0 Å².